The topological polar surface area (TPSA) is 78.6 Å². The number of hydrogen-bond acceptors (Lipinski definition) is 4. The number of nitrogen functional groups attached to an aromatic ring is 1. The van der Waals surface area contributed by atoms with E-state index in [1.54, 1.807) is 12.1 Å². The molecule has 5 heteroatoms. The first kappa shape index (κ1) is 15.3. The summed E-state index contributed by atoms with van der Waals surface area (Å²) in [5, 5.41) is 12.3. The van der Waals surface area contributed by atoms with Crippen molar-refractivity contribution in [3.63, 3.8) is 0 Å². The molecule has 0 saturated heterocycles. The van der Waals surface area contributed by atoms with Gasteiger partial charge in [-0.15, -0.1) is 0 Å². The first-order chi connectivity index (χ1) is 9.08. The first-order valence-corrected chi connectivity index (χ1v) is 6.67. The van der Waals surface area contributed by atoms with E-state index < -0.39 is 5.97 Å². The zero-order chi connectivity index (χ0) is 14.3. The smallest absolute Gasteiger partial charge is 0.337 e. The predicted octanol–water partition coefficient (Wildman–Crippen LogP) is 2.11. The minimum absolute atomic E-state index is 0.221. The number of carboxylic acids is 1. The fourth-order valence-electron chi connectivity index (χ4n) is 1.99. The van der Waals surface area contributed by atoms with Crippen LogP contribution in [0.15, 0.2) is 18.2 Å². The van der Waals surface area contributed by atoms with E-state index in [9.17, 15) is 4.79 Å². The molecule has 1 aromatic rings. The van der Waals surface area contributed by atoms with Gasteiger partial charge in [-0.05, 0) is 37.7 Å². The molecule has 0 saturated carbocycles. The summed E-state index contributed by atoms with van der Waals surface area (Å²) in [6.45, 7) is 7.96. The maximum Gasteiger partial charge on any atom is 0.337 e. The number of likely N-dealkylation sites (N-methyl/N-ethyl adjacent to an activating group) is 1. The lowest BCUT2D eigenvalue weighted by molar-refractivity contribution is 0.0698. The van der Waals surface area contributed by atoms with Crippen molar-refractivity contribution in [2.45, 2.75) is 20.3 Å². The molecule has 0 fully saturated rings. The van der Waals surface area contributed by atoms with Crippen LogP contribution in [0.1, 0.15) is 30.6 Å². The third kappa shape index (κ3) is 4.79. The van der Waals surface area contributed by atoms with Crippen molar-refractivity contribution in [2.24, 2.45) is 0 Å². The van der Waals surface area contributed by atoms with Crippen LogP contribution >= 0.6 is 0 Å². The zero-order valence-corrected chi connectivity index (χ0v) is 11.6. The van der Waals surface area contributed by atoms with Gasteiger partial charge in [0.15, 0.2) is 0 Å². The minimum Gasteiger partial charge on any atom is -0.478 e. The van der Waals surface area contributed by atoms with Gasteiger partial charge in [0.25, 0.3) is 0 Å². The van der Waals surface area contributed by atoms with Gasteiger partial charge in [-0.2, -0.15) is 0 Å². The fraction of sp³-hybridized carbons (Fsp3) is 0.500. The van der Waals surface area contributed by atoms with Gasteiger partial charge >= 0.3 is 5.97 Å². The van der Waals surface area contributed by atoms with E-state index in [1.807, 2.05) is 0 Å². The number of carbonyl (C=O) groups is 1. The third-order valence-corrected chi connectivity index (χ3v) is 3.00. The minimum atomic E-state index is -0.962. The molecule has 0 unspecified atom stereocenters. The molecule has 4 N–H and O–H groups in total. The van der Waals surface area contributed by atoms with Gasteiger partial charge in [-0.25, -0.2) is 4.79 Å². The number of nitrogens with zero attached hydrogens (tertiary/aromatic N) is 1. The lowest BCUT2D eigenvalue weighted by Crippen LogP contribution is -2.29. The summed E-state index contributed by atoms with van der Waals surface area (Å²) in [6.07, 6.45) is 1.12. The highest BCUT2D eigenvalue weighted by Gasteiger charge is 2.10. The zero-order valence-electron chi connectivity index (χ0n) is 11.6. The Morgan fingerprint density at radius 1 is 1.37 bits per heavy atom. The summed E-state index contributed by atoms with van der Waals surface area (Å²) < 4.78 is 0. The Bertz CT molecular complexity index is 421. The van der Waals surface area contributed by atoms with Crippen molar-refractivity contribution in [1.29, 1.82) is 0 Å². The highest BCUT2D eigenvalue weighted by atomic mass is 16.4. The molecule has 0 aliphatic rings. The van der Waals surface area contributed by atoms with Gasteiger partial charge in [0, 0.05) is 24.5 Å². The molecule has 0 atom stereocenters. The molecule has 0 heterocycles. The Morgan fingerprint density at radius 3 is 2.68 bits per heavy atom. The van der Waals surface area contributed by atoms with E-state index in [2.05, 4.69) is 24.1 Å². The van der Waals surface area contributed by atoms with Crippen molar-refractivity contribution in [2.75, 3.05) is 37.2 Å². The van der Waals surface area contributed by atoms with Crippen LogP contribution in [0.2, 0.25) is 0 Å². The van der Waals surface area contributed by atoms with Gasteiger partial charge in [0.1, 0.15) is 0 Å². The van der Waals surface area contributed by atoms with Gasteiger partial charge < -0.3 is 21.1 Å². The van der Waals surface area contributed by atoms with Crippen molar-refractivity contribution in [1.82, 2.24) is 4.90 Å². The van der Waals surface area contributed by atoms with E-state index in [0.29, 0.717) is 11.4 Å². The second kappa shape index (κ2) is 7.63. The number of nitrogens with two attached hydrogens (primary N) is 1. The summed E-state index contributed by atoms with van der Waals surface area (Å²) in [6, 6.07) is 4.90. The van der Waals surface area contributed by atoms with E-state index in [1.165, 1.54) is 6.07 Å². The van der Waals surface area contributed by atoms with Crippen LogP contribution in [0, 0.1) is 0 Å². The van der Waals surface area contributed by atoms with Gasteiger partial charge in [0.05, 0.1) is 5.56 Å². The molecular formula is C14H23N3O2. The van der Waals surface area contributed by atoms with Crippen molar-refractivity contribution in [3.8, 4) is 0 Å². The maximum atomic E-state index is 11.1. The normalized spacial score (nSPS) is 10.7. The summed E-state index contributed by atoms with van der Waals surface area (Å²) in [5.41, 5.74) is 6.91. The van der Waals surface area contributed by atoms with Gasteiger partial charge in [-0.1, -0.05) is 13.8 Å². The van der Waals surface area contributed by atoms with E-state index in [4.69, 9.17) is 10.8 Å². The Kier molecular flexibility index (Phi) is 6.15. The van der Waals surface area contributed by atoms with Crippen LogP contribution in [-0.2, 0) is 0 Å². The Labute approximate surface area is 114 Å². The summed E-state index contributed by atoms with van der Waals surface area (Å²) in [7, 11) is 0. The average molecular weight is 265 g/mol. The van der Waals surface area contributed by atoms with Crippen LogP contribution in [0.5, 0.6) is 0 Å². The van der Waals surface area contributed by atoms with Crippen LogP contribution < -0.4 is 11.1 Å². The van der Waals surface area contributed by atoms with Crippen LogP contribution in [0.4, 0.5) is 11.4 Å². The van der Waals surface area contributed by atoms with E-state index in [-0.39, 0.29) is 5.56 Å². The average Bonchev–Trinajstić information content (AvgIpc) is 2.39. The molecule has 0 bridgehead atoms. The van der Waals surface area contributed by atoms with Crippen LogP contribution in [-0.4, -0.2) is 42.2 Å². The predicted molar refractivity (Wildman–Crippen MR) is 78.7 cm³/mol. The second-order valence-corrected chi connectivity index (χ2v) is 4.47. The number of aromatic carboxylic acids is 1. The lowest BCUT2D eigenvalue weighted by atomic mass is 10.1. The van der Waals surface area contributed by atoms with Crippen LogP contribution in [0.3, 0.4) is 0 Å². The van der Waals surface area contributed by atoms with E-state index >= 15 is 0 Å². The SMILES string of the molecule is CCCN(CC)CCNc1ccc(N)cc1C(=O)O. The molecule has 1 rings (SSSR count). The number of anilines is 2. The number of nitrogens with one attached hydrogen (secondary N) is 1. The number of rotatable bonds is 8. The standard InChI is InChI=1S/C14H23N3O2/c1-3-8-17(4-2)9-7-16-13-6-5-11(15)10-12(13)14(18)19/h5-6,10,16H,3-4,7-9,15H2,1-2H3,(H,18,19). The van der Waals surface area contributed by atoms with Crippen molar-refractivity contribution < 1.29 is 9.90 Å². The third-order valence-electron chi connectivity index (χ3n) is 3.00. The molecule has 106 valence electrons. The highest BCUT2D eigenvalue weighted by Crippen LogP contribution is 2.18. The number of carboxylic acid groups (broad SMARTS) is 1. The molecule has 0 radical (unpaired) electrons. The highest BCUT2D eigenvalue weighted by molar-refractivity contribution is 5.95. The largest absolute Gasteiger partial charge is 0.478 e. The maximum absolute atomic E-state index is 11.1. The Morgan fingerprint density at radius 2 is 2.11 bits per heavy atom. The van der Waals surface area contributed by atoms with Crippen molar-refractivity contribution >= 4 is 17.3 Å². The van der Waals surface area contributed by atoms with Gasteiger partial charge in [-0.3, -0.25) is 0 Å². The lowest BCUT2D eigenvalue weighted by Gasteiger charge is -2.20. The molecular weight excluding hydrogens is 242 g/mol. The number of hydrogen-bond donors (Lipinski definition) is 3. The quantitative estimate of drug-likeness (QED) is 0.627. The summed E-state index contributed by atoms with van der Waals surface area (Å²) in [5.74, 6) is -0.962. The molecule has 0 aliphatic heterocycles. The number of benzene rings is 1. The Hall–Kier alpha value is -1.75. The summed E-state index contributed by atoms with van der Waals surface area (Å²) >= 11 is 0. The molecule has 0 aromatic heterocycles. The Balaban J connectivity index is 2.60. The monoisotopic (exact) mass is 265 g/mol. The molecule has 19 heavy (non-hydrogen) atoms. The fourth-order valence-corrected chi connectivity index (χ4v) is 1.99. The molecule has 0 amide bonds. The molecule has 1 aromatic carbocycles. The molecule has 0 spiro atoms. The van der Waals surface area contributed by atoms with E-state index in [0.717, 1.165) is 32.6 Å². The summed E-state index contributed by atoms with van der Waals surface area (Å²) in [4.78, 5) is 13.4. The molecule has 5 nitrogen and oxygen atoms in total. The van der Waals surface area contributed by atoms with Crippen molar-refractivity contribution in [3.05, 3.63) is 23.8 Å². The first-order valence-electron chi connectivity index (χ1n) is 6.67. The van der Waals surface area contributed by atoms with Gasteiger partial charge in [0.2, 0.25) is 0 Å². The second-order valence-electron chi connectivity index (χ2n) is 4.47. The van der Waals surface area contributed by atoms with Crippen LogP contribution in [0.25, 0.3) is 0 Å². The molecule has 0 aliphatic carbocycles.